The molecule has 31 heavy (non-hydrogen) atoms. The van der Waals surface area contributed by atoms with Crippen molar-refractivity contribution in [2.45, 2.75) is 32.2 Å². The standard InChI is InChI=1S/C24H21BrN2O3S/c1-24(2,3)16-8-4-14(5-9-16)19-18(20(28)15-6-10-17(25)11-7-15)21(29)22(30)27(19)23-26-12-13-31-23/h4-13,19,28H,1-3H3/t19-/m0/s1. The van der Waals surface area contributed by atoms with E-state index in [2.05, 4.69) is 41.7 Å². The number of aromatic nitrogens is 1. The summed E-state index contributed by atoms with van der Waals surface area (Å²) in [5, 5.41) is 13.2. The maximum Gasteiger partial charge on any atom is 0.301 e. The van der Waals surface area contributed by atoms with Crippen LogP contribution in [0.25, 0.3) is 5.76 Å². The van der Waals surface area contributed by atoms with E-state index >= 15 is 0 Å². The molecule has 0 radical (unpaired) electrons. The van der Waals surface area contributed by atoms with Gasteiger partial charge in [0.1, 0.15) is 5.76 Å². The van der Waals surface area contributed by atoms with Crippen LogP contribution in [-0.4, -0.2) is 21.8 Å². The molecule has 7 heteroatoms. The molecule has 0 saturated carbocycles. The number of rotatable bonds is 3. The van der Waals surface area contributed by atoms with E-state index in [9.17, 15) is 14.7 Å². The summed E-state index contributed by atoms with van der Waals surface area (Å²) in [5.41, 5.74) is 2.37. The number of halogens is 1. The third-order valence-corrected chi connectivity index (χ3v) is 6.58. The lowest BCUT2D eigenvalue weighted by molar-refractivity contribution is -0.132. The summed E-state index contributed by atoms with van der Waals surface area (Å²) < 4.78 is 0.849. The second-order valence-electron chi connectivity index (χ2n) is 8.36. The first-order chi connectivity index (χ1) is 14.7. The Bertz CT molecular complexity index is 1160. The zero-order valence-electron chi connectivity index (χ0n) is 17.3. The van der Waals surface area contributed by atoms with Crippen LogP contribution in [0.4, 0.5) is 5.13 Å². The molecule has 0 bridgehead atoms. The average molecular weight is 497 g/mol. The monoisotopic (exact) mass is 496 g/mol. The van der Waals surface area contributed by atoms with E-state index in [0.717, 1.165) is 15.6 Å². The first-order valence-corrected chi connectivity index (χ1v) is 11.4. The number of benzene rings is 2. The number of hydrogen-bond acceptors (Lipinski definition) is 5. The number of anilines is 1. The summed E-state index contributed by atoms with van der Waals surface area (Å²) in [6, 6.07) is 14.0. The van der Waals surface area contributed by atoms with Gasteiger partial charge in [-0.15, -0.1) is 11.3 Å². The smallest absolute Gasteiger partial charge is 0.301 e. The van der Waals surface area contributed by atoms with Crippen molar-refractivity contribution < 1.29 is 14.7 Å². The van der Waals surface area contributed by atoms with Gasteiger partial charge in [-0.05, 0) is 28.7 Å². The predicted octanol–water partition coefficient (Wildman–Crippen LogP) is 5.83. The minimum Gasteiger partial charge on any atom is -0.507 e. The lowest BCUT2D eigenvalue weighted by Gasteiger charge is -2.24. The molecular formula is C24H21BrN2O3S. The van der Waals surface area contributed by atoms with Gasteiger partial charge in [-0.3, -0.25) is 14.5 Å². The summed E-state index contributed by atoms with van der Waals surface area (Å²) in [4.78, 5) is 31.7. The Morgan fingerprint density at radius 3 is 2.26 bits per heavy atom. The fraction of sp³-hybridized carbons (Fsp3) is 0.208. The number of amides is 1. The number of aliphatic hydroxyl groups is 1. The van der Waals surface area contributed by atoms with E-state index in [-0.39, 0.29) is 16.7 Å². The van der Waals surface area contributed by atoms with Crippen molar-refractivity contribution in [3.05, 3.63) is 86.8 Å². The number of hydrogen-bond donors (Lipinski definition) is 1. The highest BCUT2D eigenvalue weighted by molar-refractivity contribution is 9.10. The Balaban J connectivity index is 1.90. The van der Waals surface area contributed by atoms with Gasteiger partial charge in [0.05, 0.1) is 11.6 Å². The molecular weight excluding hydrogens is 476 g/mol. The van der Waals surface area contributed by atoms with E-state index < -0.39 is 17.7 Å². The summed E-state index contributed by atoms with van der Waals surface area (Å²) in [7, 11) is 0. The minimum absolute atomic E-state index is 0.0346. The van der Waals surface area contributed by atoms with Gasteiger partial charge in [0.25, 0.3) is 5.78 Å². The summed E-state index contributed by atoms with van der Waals surface area (Å²) >= 11 is 4.65. The zero-order valence-corrected chi connectivity index (χ0v) is 19.7. The van der Waals surface area contributed by atoms with Crippen LogP contribution in [0.3, 0.4) is 0 Å². The second kappa shape index (κ2) is 8.05. The molecule has 2 heterocycles. The first kappa shape index (κ1) is 21.5. The van der Waals surface area contributed by atoms with Gasteiger partial charge in [0, 0.05) is 21.6 Å². The minimum atomic E-state index is -0.760. The molecule has 1 atom stereocenters. The van der Waals surface area contributed by atoms with Crippen LogP contribution in [0.5, 0.6) is 0 Å². The van der Waals surface area contributed by atoms with E-state index in [1.165, 1.54) is 16.2 Å². The van der Waals surface area contributed by atoms with Crippen LogP contribution in [-0.2, 0) is 15.0 Å². The fourth-order valence-corrected chi connectivity index (χ4v) is 4.54. The van der Waals surface area contributed by atoms with Crippen molar-refractivity contribution in [2.24, 2.45) is 0 Å². The molecule has 3 aromatic rings. The molecule has 1 amide bonds. The number of carbonyl (C=O) groups is 2. The largest absolute Gasteiger partial charge is 0.507 e. The van der Waals surface area contributed by atoms with Crippen molar-refractivity contribution in [1.29, 1.82) is 0 Å². The Morgan fingerprint density at radius 1 is 1.06 bits per heavy atom. The van der Waals surface area contributed by atoms with Crippen LogP contribution in [0.15, 0.2) is 70.2 Å². The molecule has 0 aliphatic carbocycles. The van der Waals surface area contributed by atoms with Gasteiger partial charge < -0.3 is 5.11 Å². The number of ketones is 1. The molecule has 1 fully saturated rings. The van der Waals surface area contributed by atoms with Gasteiger partial charge in [-0.2, -0.15) is 0 Å². The molecule has 1 aliphatic rings. The maximum atomic E-state index is 13.1. The molecule has 4 rings (SSSR count). The average Bonchev–Trinajstić information content (AvgIpc) is 3.34. The normalized spacial score (nSPS) is 18.6. The predicted molar refractivity (Wildman–Crippen MR) is 126 cm³/mol. The molecule has 0 spiro atoms. The SMILES string of the molecule is CC(C)(C)c1ccc([C@H]2C(=C(O)c3ccc(Br)cc3)C(=O)C(=O)N2c2nccs2)cc1. The highest BCUT2D eigenvalue weighted by atomic mass is 79.9. The Kier molecular flexibility index (Phi) is 5.58. The van der Waals surface area contributed by atoms with Crippen molar-refractivity contribution in [2.75, 3.05) is 4.90 Å². The molecule has 1 saturated heterocycles. The van der Waals surface area contributed by atoms with E-state index in [1.807, 2.05) is 24.3 Å². The summed E-state index contributed by atoms with van der Waals surface area (Å²) in [5.74, 6) is -1.62. The lowest BCUT2D eigenvalue weighted by atomic mass is 9.85. The number of nitrogens with zero attached hydrogens (tertiary/aromatic N) is 2. The second-order valence-corrected chi connectivity index (χ2v) is 10.2. The molecule has 158 valence electrons. The van der Waals surface area contributed by atoms with E-state index in [4.69, 9.17) is 0 Å². The van der Waals surface area contributed by atoms with Crippen molar-refractivity contribution in [3.8, 4) is 0 Å². The molecule has 0 unspecified atom stereocenters. The highest BCUT2D eigenvalue weighted by Crippen LogP contribution is 2.43. The third-order valence-electron chi connectivity index (χ3n) is 5.28. The lowest BCUT2D eigenvalue weighted by Crippen LogP contribution is -2.29. The van der Waals surface area contributed by atoms with E-state index in [0.29, 0.717) is 10.7 Å². The number of Topliss-reactive ketones (excluding diaryl/α,β-unsaturated/α-hetero) is 1. The molecule has 2 aromatic carbocycles. The van der Waals surface area contributed by atoms with Gasteiger partial charge >= 0.3 is 5.91 Å². The van der Waals surface area contributed by atoms with Gasteiger partial charge in [-0.1, -0.05) is 73.1 Å². The molecule has 1 aromatic heterocycles. The number of carbonyl (C=O) groups excluding carboxylic acids is 2. The van der Waals surface area contributed by atoms with Crippen LogP contribution in [0.1, 0.15) is 43.5 Å². The highest BCUT2D eigenvalue weighted by Gasteiger charge is 2.48. The Labute approximate surface area is 193 Å². The quantitative estimate of drug-likeness (QED) is 0.281. The first-order valence-electron chi connectivity index (χ1n) is 9.75. The fourth-order valence-electron chi connectivity index (χ4n) is 3.61. The van der Waals surface area contributed by atoms with Crippen LogP contribution in [0.2, 0.25) is 0 Å². The zero-order chi connectivity index (χ0) is 22.3. The number of thiazole rings is 1. The molecule has 5 nitrogen and oxygen atoms in total. The van der Waals surface area contributed by atoms with Gasteiger partial charge in [0.15, 0.2) is 5.13 Å². The van der Waals surface area contributed by atoms with E-state index in [1.54, 1.807) is 35.8 Å². The maximum absolute atomic E-state index is 13.1. The van der Waals surface area contributed by atoms with Gasteiger partial charge in [-0.25, -0.2) is 4.98 Å². The van der Waals surface area contributed by atoms with Crippen LogP contribution in [0, 0.1) is 0 Å². The van der Waals surface area contributed by atoms with Crippen molar-refractivity contribution in [1.82, 2.24) is 4.98 Å². The van der Waals surface area contributed by atoms with Gasteiger partial charge in [0.2, 0.25) is 0 Å². The van der Waals surface area contributed by atoms with Crippen LogP contribution >= 0.6 is 27.3 Å². The number of aliphatic hydroxyl groups excluding tert-OH is 1. The van der Waals surface area contributed by atoms with Crippen LogP contribution < -0.4 is 4.90 Å². The Hall–Kier alpha value is -2.77. The molecule has 1 aliphatic heterocycles. The van der Waals surface area contributed by atoms with Crippen molar-refractivity contribution in [3.63, 3.8) is 0 Å². The summed E-state index contributed by atoms with van der Waals surface area (Å²) in [6.45, 7) is 6.37. The molecule has 1 N–H and O–H groups in total. The van der Waals surface area contributed by atoms with Crippen molar-refractivity contribution >= 4 is 49.8 Å². The summed E-state index contributed by atoms with van der Waals surface area (Å²) in [6.07, 6.45) is 1.59. The third kappa shape index (κ3) is 3.95. The Morgan fingerprint density at radius 2 is 1.71 bits per heavy atom. The topological polar surface area (TPSA) is 70.5 Å².